The van der Waals surface area contributed by atoms with Gasteiger partial charge in [0.15, 0.2) is 0 Å². The van der Waals surface area contributed by atoms with E-state index in [0.717, 1.165) is 5.56 Å². The van der Waals surface area contributed by atoms with Crippen LogP contribution in [0.15, 0.2) is 12.1 Å². The molecule has 84 valence electrons. The largest absolute Gasteiger partial charge is 0.207 e. The number of halogens is 2. The molecule has 0 radical (unpaired) electrons. The summed E-state index contributed by atoms with van der Waals surface area (Å²) in [5.41, 5.74) is 1.35. The normalized spacial score (nSPS) is 12.3. The summed E-state index contributed by atoms with van der Waals surface area (Å²) in [6, 6.07) is 3.32. The molecule has 0 atom stereocenters. The van der Waals surface area contributed by atoms with Gasteiger partial charge >= 0.3 is 0 Å². The van der Waals surface area contributed by atoms with Crippen molar-refractivity contribution in [1.82, 2.24) is 0 Å². The van der Waals surface area contributed by atoms with Crippen LogP contribution in [-0.4, -0.2) is 0 Å². The summed E-state index contributed by atoms with van der Waals surface area (Å²) in [6.45, 7) is 9.97. The van der Waals surface area contributed by atoms with Gasteiger partial charge in [-0.3, -0.25) is 0 Å². The van der Waals surface area contributed by atoms with Crippen LogP contribution in [0.2, 0.25) is 5.02 Å². The van der Waals surface area contributed by atoms with Crippen LogP contribution < -0.4 is 0 Å². The van der Waals surface area contributed by atoms with Gasteiger partial charge in [0.25, 0.3) is 0 Å². The lowest BCUT2D eigenvalue weighted by molar-refractivity contribution is 0.521. The number of benzene rings is 1. The summed E-state index contributed by atoms with van der Waals surface area (Å²) in [5.74, 6) is 0.0941. The first-order valence-electron chi connectivity index (χ1n) is 5.23. The van der Waals surface area contributed by atoms with Crippen molar-refractivity contribution in [2.75, 3.05) is 0 Å². The zero-order valence-corrected chi connectivity index (χ0v) is 10.7. The summed E-state index contributed by atoms with van der Waals surface area (Å²) >= 11 is 6.14. The Morgan fingerprint density at radius 1 is 1.20 bits per heavy atom. The van der Waals surface area contributed by atoms with Crippen LogP contribution in [0.4, 0.5) is 4.39 Å². The maximum absolute atomic E-state index is 13.8. The lowest BCUT2D eigenvalue weighted by Crippen LogP contribution is -2.14. The van der Waals surface area contributed by atoms with Gasteiger partial charge in [-0.2, -0.15) is 0 Å². The van der Waals surface area contributed by atoms with Crippen LogP contribution in [0, 0.1) is 5.82 Å². The second-order valence-corrected chi connectivity index (χ2v) is 5.67. The van der Waals surface area contributed by atoms with E-state index in [9.17, 15) is 4.39 Å². The van der Waals surface area contributed by atoms with Crippen LogP contribution in [0.5, 0.6) is 0 Å². The highest BCUT2D eigenvalue weighted by Crippen LogP contribution is 2.32. The van der Waals surface area contributed by atoms with Gasteiger partial charge in [0.05, 0.1) is 0 Å². The van der Waals surface area contributed by atoms with Crippen molar-refractivity contribution in [3.8, 4) is 0 Å². The summed E-state index contributed by atoms with van der Waals surface area (Å²) in [5, 5.41) is 0.663. The third-order valence-electron chi connectivity index (χ3n) is 2.52. The van der Waals surface area contributed by atoms with Gasteiger partial charge in [-0.1, -0.05) is 46.2 Å². The molecule has 1 aromatic carbocycles. The predicted octanol–water partition coefficient (Wildman–Crippen LogP) is 4.90. The Hall–Kier alpha value is -0.560. The smallest absolute Gasteiger partial charge is 0.127 e. The summed E-state index contributed by atoms with van der Waals surface area (Å²) in [6.07, 6.45) is 0. The molecule has 1 rings (SSSR count). The average Bonchev–Trinajstić information content (AvgIpc) is 2.06. The van der Waals surface area contributed by atoms with Gasteiger partial charge in [0, 0.05) is 5.02 Å². The van der Waals surface area contributed by atoms with E-state index in [2.05, 4.69) is 0 Å². The van der Waals surface area contributed by atoms with Crippen LogP contribution in [-0.2, 0) is 5.41 Å². The first kappa shape index (κ1) is 12.5. The summed E-state index contributed by atoms with van der Waals surface area (Å²) in [7, 11) is 0. The van der Waals surface area contributed by atoms with Crippen molar-refractivity contribution in [1.29, 1.82) is 0 Å². The standard InChI is InChI=1S/C13H18ClF/c1-8(2)9-6-12(15)10(7-11(9)14)13(3,4)5/h6-8H,1-5H3. The molecule has 0 fully saturated rings. The molecule has 0 aliphatic carbocycles. The zero-order valence-electron chi connectivity index (χ0n) is 9.99. The van der Waals surface area contributed by atoms with Gasteiger partial charge in [-0.25, -0.2) is 4.39 Å². The topological polar surface area (TPSA) is 0 Å². The molecule has 0 aromatic heterocycles. The number of hydrogen-bond acceptors (Lipinski definition) is 0. The van der Waals surface area contributed by atoms with Crippen molar-refractivity contribution in [3.63, 3.8) is 0 Å². The minimum Gasteiger partial charge on any atom is -0.207 e. The maximum Gasteiger partial charge on any atom is 0.127 e. The van der Waals surface area contributed by atoms with Crippen molar-refractivity contribution in [2.45, 2.75) is 46.0 Å². The second-order valence-electron chi connectivity index (χ2n) is 5.26. The molecule has 0 saturated carbocycles. The molecule has 2 heteroatoms. The SMILES string of the molecule is CC(C)c1cc(F)c(C(C)(C)C)cc1Cl. The monoisotopic (exact) mass is 228 g/mol. The maximum atomic E-state index is 13.8. The van der Waals surface area contributed by atoms with Gasteiger partial charge in [0.2, 0.25) is 0 Å². The lowest BCUT2D eigenvalue weighted by Gasteiger charge is -2.21. The van der Waals surface area contributed by atoms with Crippen molar-refractivity contribution in [3.05, 3.63) is 34.1 Å². The van der Waals surface area contributed by atoms with Gasteiger partial charge < -0.3 is 0 Å². The molecular weight excluding hydrogens is 211 g/mol. The van der Waals surface area contributed by atoms with Crippen molar-refractivity contribution < 1.29 is 4.39 Å². The molecule has 0 amide bonds. The molecule has 0 nitrogen and oxygen atoms in total. The van der Waals surface area contributed by atoms with Gasteiger partial charge in [-0.05, 0) is 34.6 Å². The van der Waals surface area contributed by atoms with E-state index < -0.39 is 0 Å². The molecule has 1 aromatic rings. The first-order chi connectivity index (χ1) is 6.73. The van der Waals surface area contributed by atoms with Crippen LogP contribution >= 0.6 is 11.6 Å². The molecular formula is C13H18ClF. The fourth-order valence-corrected chi connectivity index (χ4v) is 1.96. The quantitative estimate of drug-likeness (QED) is 0.641. The zero-order chi connectivity index (χ0) is 11.8. The third-order valence-corrected chi connectivity index (χ3v) is 2.84. The lowest BCUT2D eigenvalue weighted by atomic mass is 9.85. The average molecular weight is 229 g/mol. The van der Waals surface area contributed by atoms with Crippen LogP contribution in [0.25, 0.3) is 0 Å². The minimum absolute atomic E-state index is 0.157. The van der Waals surface area contributed by atoms with E-state index in [-0.39, 0.29) is 17.2 Å². The fraction of sp³-hybridized carbons (Fsp3) is 0.538. The van der Waals surface area contributed by atoms with E-state index in [1.54, 1.807) is 12.1 Å². The van der Waals surface area contributed by atoms with Crippen molar-refractivity contribution in [2.24, 2.45) is 0 Å². The Kier molecular flexibility index (Phi) is 3.44. The Bertz CT molecular complexity index is 362. The van der Waals surface area contributed by atoms with E-state index in [1.165, 1.54) is 0 Å². The fourth-order valence-electron chi connectivity index (χ4n) is 1.58. The molecule has 0 aliphatic rings. The van der Waals surface area contributed by atoms with E-state index in [0.29, 0.717) is 10.6 Å². The summed E-state index contributed by atoms with van der Waals surface area (Å²) in [4.78, 5) is 0. The highest BCUT2D eigenvalue weighted by Gasteiger charge is 2.20. The predicted molar refractivity (Wildman–Crippen MR) is 64.2 cm³/mol. The third kappa shape index (κ3) is 2.72. The molecule has 0 unspecified atom stereocenters. The van der Waals surface area contributed by atoms with Crippen LogP contribution in [0.1, 0.15) is 51.7 Å². The summed E-state index contributed by atoms with van der Waals surface area (Å²) < 4.78 is 13.8. The number of rotatable bonds is 1. The molecule has 0 N–H and O–H groups in total. The molecule has 0 aliphatic heterocycles. The van der Waals surface area contributed by atoms with E-state index >= 15 is 0 Å². The van der Waals surface area contributed by atoms with Crippen LogP contribution in [0.3, 0.4) is 0 Å². The minimum atomic E-state index is -0.205. The molecule has 0 heterocycles. The Labute approximate surface area is 96.5 Å². The highest BCUT2D eigenvalue weighted by atomic mass is 35.5. The second kappa shape index (κ2) is 4.13. The first-order valence-corrected chi connectivity index (χ1v) is 5.60. The molecule has 0 saturated heterocycles. The van der Waals surface area contributed by atoms with E-state index in [1.807, 2.05) is 34.6 Å². The Balaban J connectivity index is 3.32. The van der Waals surface area contributed by atoms with E-state index in [4.69, 9.17) is 11.6 Å². The Morgan fingerprint density at radius 3 is 2.13 bits per heavy atom. The highest BCUT2D eigenvalue weighted by molar-refractivity contribution is 6.31. The van der Waals surface area contributed by atoms with Crippen molar-refractivity contribution >= 4 is 11.6 Å². The molecule has 15 heavy (non-hydrogen) atoms. The molecule has 0 bridgehead atoms. The number of hydrogen-bond donors (Lipinski definition) is 0. The Morgan fingerprint density at radius 2 is 1.73 bits per heavy atom. The van der Waals surface area contributed by atoms with Gasteiger partial charge in [0.1, 0.15) is 5.82 Å². The molecule has 0 spiro atoms. The van der Waals surface area contributed by atoms with Gasteiger partial charge in [-0.15, -0.1) is 0 Å².